The highest BCUT2D eigenvalue weighted by Crippen LogP contribution is 2.03. The highest BCUT2D eigenvalue weighted by Gasteiger charge is 2.20. The third-order valence-electron chi connectivity index (χ3n) is 4.77. The molecule has 0 aromatic carbocycles. The summed E-state index contributed by atoms with van der Waals surface area (Å²) in [4.78, 5) is 19.1. The van der Waals surface area contributed by atoms with Gasteiger partial charge >= 0.3 is 5.97 Å². The van der Waals surface area contributed by atoms with Crippen LogP contribution in [0.5, 0.6) is 0 Å². The van der Waals surface area contributed by atoms with Crippen molar-refractivity contribution in [1.29, 1.82) is 0 Å². The Kier molecular flexibility index (Phi) is 12.7. The van der Waals surface area contributed by atoms with Gasteiger partial charge in [0.05, 0.1) is 13.7 Å². The smallest absolute Gasteiger partial charge is 0.319 e. The summed E-state index contributed by atoms with van der Waals surface area (Å²) in [5.41, 5.74) is 0. The van der Waals surface area contributed by atoms with Crippen molar-refractivity contribution in [1.82, 2.24) is 19.6 Å². The predicted octanol–water partition coefficient (Wildman–Crippen LogP) is -4.69. The Morgan fingerprint density at radius 2 is 0.931 bits per heavy atom. The van der Waals surface area contributed by atoms with E-state index in [9.17, 15) is 35.4 Å². The van der Waals surface area contributed by atoms with Gasteiger partial charge in [-0.1, -0.05) is 0 Å². The van der Waals surface area contributed by atoms with Gasteiger partial charge in [0.1, 0.15) is 0 Å². The summed E-state index contributed by atoms with van der Waals surface area (Å²) in [5, 5.41) is 56.1. The van der Waals surface area contributed by atoms with Crippen LogP contribution >= 0.6 is 0 Å². The Morgan fingerprint density at radius 1 is 0.655 bits per heavy atom. The highest BCUT2D eigenvalue weighted by atomic mass is 16.5. The van der Waals surface area contributed by atoms with Crippen LogP contribution in [0.3, 0.4) is 0 Å². The second-order valence-electron chi connectivity index (χ2n) is 7.20. The van der Waals surface area contributed by atoms with E-state index in [0.717, 1.165) is 0 Å². The molecule has 1 fully saturated rings. The predicted molar refractivity (Wildman–Crippen MR) is 102 cm³/mol. The molecule has 0 unspecified atom stereocenters. The molecule has 0 aliphatic carbocycles. The fraction of sp³-hybridized carbons (Fsp3) is 0.941. The minimum atomic E-state index is -1.51. The monoisotopic (exact) mass is 424 g/mol. The Morgan fingerprint density at radius 3 is 1.17 bits per heavy atom. The molecule has 0 amide bonds. The molecule has 0 atom stereocenters. The van der Waals surface area contributed by atoms with E-state index < -0.39 is 18.9 Å². The molecule has 172 valence electrons. The molecule has 1 aliphatic heterocycles. The average molecular weight is 424 g/mol. The number of ether oxygens (including phenoxy) is 1. The first-order chi connectivity index (χ1) is 13.7. The summed E-state index contributed by atoms with van der Waals surface area (Å²) in [6, 6.07) is 0. The van der Waals surface area contributed by atoms with Gasteiger partial charge in [-0.05, 0) is 0 Å². The highest BCUT2D eigenvalue weighted by molar-refractivity contribution is 5.71. The summed E-state index contributed by atoms with van der Waals surface area (Å²) in [5.74, 6) is -0.386. The minimum Gasteiger partial charge on any atom is -0.468 e. The molecule has 1 saturated heterocycles. The molecule has 1 aliphatic rings. The number of hydrogen-bond donors (Lipinski definition) is 6. The van der Waals surface area contributed by atoms with Gasteiger partial charge in [-0.25, -0.2) is 0 Å². The topological polar surface area (TPSA) is 161 Å². The van der Waals surface area contributed by atoms with Crippen LogP contribution in [0.2, 0.25) is 0 Å². The van der Waals surface area contributed by atoms with E-state index in [1.807, 2.05) is 19.6 Å². The summed E-state index contributed by atoms with van der Waals surface area (Å²) in [6.45, 7) is 3.86. The maximum Gasteiger partial charge on any atom is 0.319 e. The van der Waals surface area contributed by atoms with Gasteiger partial charge in [0.2, 0.25) is 0 Å². The van der Waals surface area contributed by atoms with Gasteiger partial charge in [0.25, 0.3) is 0 Å². The quantitative estimate of drug-likeness (QED) is 0.163. The molecule has 1 heterocycles. The van der Waals surface area contributed by atoms with E-state index in [1.54, 1.807) is 0 Å². The molecule has 0 bridgehead atoms. The molecule has 29 heavy (non-hydrogen) atoms. The van der Waals surface area contributed by atoms with Gasteiger partial charge in [0, 0.05) is 72.0 Å². The Hall–Kier alpha value is -0.930. The maximum atomic E-state index is 11.7. The number of nitrogens with zero attached hydrogens (tertiary/aromatic N) is 4. The Labute approximate surface area is 171 Å². The number of rotatable bonds is 8. The van der Waals surface area contributed by atoms with Crippen LogP contribution in [-0.2, 0) is 9.53 Å². The molecular weight excluding hydrogens is 388 g/mol. The second kappa shape index (κ2) is 14.1. The van der Waals surface area contributed by atoms with Crippen LogP contribution in [0.15, 0.2) is 0 Å². The first kappa shape index (κ1) is 26.1. The number of carbonyl (C=O) groups is 1. The Balaban J connectivity index is 2.88. The molecule has 1 rings (SSSR count). The summed E-state index contributed by atoms with van der Waals surface area (Å²) in [6.07, 6.45) is -4.52. The molecule has 12 nitrogen and oxygen atoms in total. The van der Waals surface area contributed by atoms with E-state index >= 15 is 0 Å². The van der Waals surface area contributed by atoms with Gasteiger partial charge in [-0.2, -0.15) is 0 Å². The second-order valence-corrected chi connectivity index (χ2v) is 7.20. The zero-order valence-electron chi connectivity index (χ0n) is 17.0. The van der Waals surface area contributed by atoms with Crippen molar-refractivity contribution >= 4 is 5.97 Å². The number of esters is 1. The number of aliphatic hydroxyl groups excluding tert-OH is 3. The molecular formula is C17H36N4O8. The lowest BCUT2D eigenvalue weighted by molar-refractivity contribution is -0.142. The summed E-state index contributed by atoms with van der Waals surface area (Å²) >= 11 is 0. The molecule has 0 spiro atoms. The number of carbonyl (C=O) groups excluding carboxylic acids is 1. The van der Waals surface area contributed by atoms with E-state index in [2.05, 4.69) is 0 Å². The number of methoxy groups -OCH3 is 1. The standard InChI is InChI=1S/C17H36N4O8/c1-29-17(28)13-21-8-6-19(11-15(24)25)4-2-18(10-14(22)23)3-5-20(7-9-21)12-16(26)27/h14-16,22-27H,2-13H2,1H3. The lowest BCUT2D eigenvalue weighted by Crippen LogP contribution is -2.50. The van der Waals surface area contributed by atoms with Gasteiger partial charge in [-0.3, -0.25) is 24.4 Å². The molecule has 12 heteroatoms. The molecule has 0 radical (unpaired) electrons. The normalized spacial score (nSPS) is 20.2. The first-order valence-corrected chi connectivity index (χ1v) is 9.74. The summed E-state index contributed by atoms with van der Waals surface area (Å²) < 4.78 is 4.74. The van der Waals surface area contributed by atoms with E-state index in [4.69, 9.17) is 4.74 Å². The third-order valence-corrected chi connectivity index (χ3v) is 4.77. The van der Waals surface area contributed by atoms with Crippen molar-refractivity contribution in [2.45, 2.75) is 18.9 Å². The lowest BCUT2D eigenvalue weighted by Gasteiger charge is -2.34. The number of hydrogen-bond acceptors (Lipinski definition) is 12. The lowest BCUT2D eigenvalue weighted by atomic mass is 10.3. The third kappa shape index (κ3) is 12.4. The minimum absolute atomic E-state index is 0.0273. The van der Waals surface area contributed by atoms with Gasteiger partial charge in [0.15, 0.2) is 18.9 Å². The van der Waals surface area contributed by atoms with E-state index in [-0.39, 0.29) is 32.1 Å². The fourth-order valence-electron chi connectivity index (χ4n) is 3.22. The number of β-amino-alcohol motifs (C(OH)–C–C–N with tert-alkyl or cyclic N) is 6. The first-order valence-electron chi connectivity index (χ1n) is 9.74. The van der Waals surface area contributed by atoms with Crippen LogP contribution in [0, 0.1) is 0 Å². The zero-order valence-corrected chi connectivity index (χ0v) is 17.0. The molecule has 0 aromatic rings. The largest absolute Gasteiger partial charge is 0.468 e. The van der Waals surface area contributed by atoms with Crippen molar-refractivity contribution in [3.63, 3.8) is 0 Å². The van der Waals surface area contributed by atoms with Crippen LogP contribution < -0.4 is 0 Å². The zero-order chi connectivity index (χ0) is 21.8. The molecule has 6 N–H and O–H groups in total. The van der Waals surface area contributed by atoms with Gasteiger partial charge in [-0.15, -0.1) is 0 Å². The van der Waals surface area contributed by atoms with Crippen molar-refractivity contribution in [3.8, 4) is 0 Å². The average Bonchev–Trinajstić information content (AvgIpc) is 2.62. The van der Waals surface area contributed by atoms with Crippen molar-refractivity contribution < 1.29 is 40.2 Å². The molecule has 0 aromatic heterocycles. The summed E-state index contributed by atoms with van der Waals surface area (Å²) in [7, 11) is 1.31. The number of aliphatic hydroxyl groups is 6. The molecule has 0 saturated carbocycles. The van der Waals surface area contributed by atoms with E-state index in [1.165, 1.54) is 7.11 Å². The maximum absolute atomic E-state index is 11.7. The van der Waals surface area contributed by atoms with E-state index in [0.29, 0.717) is 52.4 Å². The van der Waals surface area contributed by atoms with Crippen LogP contribution in [0.25, 0.3) is 0 Å². The van der Waals surface area contributed by atoms with Crippen LogP contribution in [-0.4, -0.2) is 161 Å². The van der Waals surface area contributed by atoms with Crippen molar-refractivity contribution in [2.75, 3.05) is 85.6 Å². The van der Waals surface area contributed by atoms with Crippen molar-refractivity contribution in [3.05, 3.63) is 0 Å². The van der Waals surface area contributed by atoms with Crippen LogP contribution in [0.1, 0.15) is 0 Å². The Bertz CT molecular complexity index is 429. The van der Waals surface area contributed by atoms with Gasteiger partial charge < -0.3 is 35.4 Å². The van der Waals surface area contributed by atoms with Crippen LogP contribution in [0.4, 0.5) is 0 Å². The van der Waals surface area contributed by atoms with Crippen molar-refractivity contribution in [2.24, 2.45) is 0 Å². The SMILES string of the molecule is COC(=O)CN1CCN(CC(O)O)CCN(CC(O)O)CCN(CC(O)O)CC1. The fourth-order valence-corrected chi connectivity index (χ4v) is 3.22.